The fourth-order valence-corrected chi connectivity index (χ4v) is 4.04. The zero-order valence-corrected chi connectivity index (χ0v) is 14.7. The van der Waals surface area contributed by atoms with E-state index in [2.05, 4.69) is 6.92 Å². The molecule has 1 fully saturated rings. The van der Waals surface area contributed by atoms with Gasteiger partial charge in [-0.05, 0) is 56.1 Å². The van der Waals surface area contributed by atoms with Gasteiger partial charge in [-0.25, -0.2) is 4.39 Å². The molecule has 1 amide bonds. The number of fused-ring (bicyclic) bond motifs is 1. The van der Waals surface area contributed by atoms with Gasteiger partial charge < -0.3 is 14.4 Å². The fourth-order valence-electron chi connectivity index (χ4n) is 4.04. The van der Waals surface area contributed by atoms with Crippen LogP contribution < -0.4 is 4.74 Å². The number of hydrogen-bond acceptors (Lipinski definition) is 3. The average molecular weight is 335 g/mol. The van der Waals surface area contributed by atoms with E-state index >= 15 is 0 Å². The van der Waals surface area contributed by atoms with Crippen LogP contribution >= 0.6 is 0 Å². The summed E-state index contributed by atoms with van der Waals surface area (Å²) in [5, 5.41) is 0. The highest BCUT2D eigenvalue weighted by Gasteiger charge is 2.34. The van der Waals surface area contributed by atoms with E-state index in [4.69, 9.17) is 9.47 Å². The van der Waals surface area contributed by atoms with Gasteiger partial charge in [0.25, 0.3) is 5.91 Å². The van der Waals surface area contributed by atoms with Crippen LogP contribution in [0.15, 0.2) is 12.1 Å². The lowest BCUT2D eigenvalue weighted by Gasteiger charge is -2.33. The summed E-state index contributed by atoms with van der Waals surface area (Å²) < 4.78 is 24.8. The van der Waals surface area contributed by atoms with Crippen molar-refractivity contribution >= 4 is 5.91 Å². The highest BCUT2D eigenvalue weighted by molar-refractivity contribution is 5.99. The summed E-state index contributed by atoms with van der Waals surface area (Å²) in [6, 6.07) is 3.40. The van der Waals surface area contributed by atoms with Crippen LogP contribution in [-0.2, 0) is 11.3 Å². The van der Waals surface area contributed by atoms with Crippen molar-refractivity contribution in [1.82, 2.24) is 4.90 Å². The SMILES string of the molecule is COc1ccc2c(c1F)C(=O)N(CC1CCC([C@@H](C)OC)CC1)C2. The summed E-state index contributed by atoms with van der Waals surface area (Å²) in [5.41, 5.74) is 0.955. The molecule has 1 aromatic rings. The second-order valence-corrected chi connectivity index (χ2v) is 7.02. The quantitative estimate of drug-likeness (QED) is 0.825. The smallest absolute Gasteiger partial charge is 0.257 e. The molecule has 0 aromatic heterocycles. The molecule has 132 valence electrons. The van der Waals surface area contributed by atoms with Crippen LogP contribution in [0.25, 0.3) is 0 Å². The fraction of sp³-hybridized carbons (Fsp3) is 0.632. The van der Waals surface area contributed by atoms with Gasteiger partial charge >= 0.3 is 0 Å². The molecule has 1 atom stereocenters. The van der Waals surface area contributed by atoms with E-state index in [9.17, 15) is 9.18 Å². The molecule has 0 unspecified atom stereocenters. The van der Waals surface area contributed by atoms with Crippen molar-refractivity contribution in [3.63, 3.8) is 0 Å². The Morgan fingerprint density at radius 1 is 1.25 bits per heavy atom. The number of amides is 1. The number of carbonyl (C=O) groups excluding carboxylic acids is 1. The topological polar surface area (TPSA) is 38.8 Å². The zero-order chi connectivity index (χ0) is 17.3. The number of methoxy groups -OCH3 is 2. The van der Waals surface area contributed by atoms with E-state index in [0.29, 0.717) is 31.0 Å². The van der Waals surface area contributed by atoms with Crippen molar-refractivity contribution in [2.45, 2.75) is 45.3 Å². The molecule has 0 bridgehead atoms. The summed E-state index contributed by atoms with van der Waals surface area (Å²) in [6.07, 6.45) is 4.77. The van der Waals surface area contributed by atoms with E-state index in [-0.39, 0.29) is 17.2 Å². The van der Waals surface area contributed by atoms with Gasteiger partial charge in [0.05, 0.1) is 18.8 Å². The predicted molar refractivity (Wildman–Crippen MR) is 89.6 cm³/mol. The largest absolute Gasteiger partial charge is 0.494 e. The number of hydrogen-bond donors (Lipinski definition) is 0. The number of ether oxygens (including phenoxy) is 2. The van der Waals surface area contributed by atoms with Gasteiger partial charge in [-0.1, -0.05) is 6.07 Å². The molecule has 1 aliphatic heterocycles. The second-order valence-electron chi connectivity index (χ2n) is 7.02. The van der Waals surface area contributed by atoms with Crippen molar-refractivity contribution < 1.29 is 18.7 Å². The normalized spacial score (nSPS) is 24.8. The van der Waals surface area contributed by atoms with Gasteiger partial charge in [0, 0.05) is 20.2 Å². The van der Waals surface area contributed by atoms with Gasteiger partial charge in [-0.3, -0.25) is 4.79 Å². The standard InChI is InChI=1S/C19H26FNO3/c1-12(23-2)14-6-4-13(5-7-14)10-21-11-15-8-9-16(24-3)18(20)17(15)19(21)22/h8-9,12-14H,4-7,10-11H2,1-3H3/t12-,13?,14?/m1/s1. The lowest BCUT2D eigenvalue weighted by Crippen LogP contribution is -2.33. The van der Waals surface area contributed by atoms with Crippen molar-refractivity contribution in [3.8, 4) is 5.75 Å². The second kappa shape index (κ2) is 7.09. The molecular weight excluding hydrogens is 309 g/mol. The third-order valence-corrected chi connectivity index (χ3v) is 5.68. The molecular formula is C19H26FNO3. The molecule has 1 heterocycles. The van der Waals surface area contributed by atoms with Crippen molar-refractivity contribution in [2.75, 3.05) is 20.8 Å². The zero-order valence-electron chi connectivity index (χ0n) is 14.7. The molecule has 0 N–H and O–H groups in total. The number of nitrogens with zero attached hydrogens (tertiary/aromatic N) is 1. The van der Waals surface area contributed by atoms with Crippen LogP contribution in [0.1, 0.15) is 48.5 Å². The third-order valence-electron chi connectivity index (χ3n) is 5.68. The summed E-state index contributed by atoms with van der Waals surface area (Å²) in [7, 11) is 3.18. The Hall–Kier alpha value is -1.62. The molecule has 1 saturated carbocycles. The molecule has 5 heteroatoms. The molecule has 0 saturated heterocycles. The van der Waals surface area contributed by atoms with Crippen LogP contribution in [0.5, 0.6) is 5.75 Å². The minimum absolute atomic E-state index is 0.137. The molecule has 4 nitrogen and oxygen atoms in total. The van der Waals surface area contributed by atoms with Gasteiger partial charge in [0.2, 0.25) is 0 Å². The molecule has 2 aliphatic rings. The summed E-state index contributed by atoms with van der Waals surface area (Å²) in [6.45, 7) is 3.34. The molecule has 3 rings (SSSR count). The molecule has 0 radical (unpaired) electrons. The van der Waals surface area contributed by atoms with Gasteiger partial charge in [0.15, 0.2) is 11.6 Å². The highest BCUT2D eigenvalue weighted by atomic mass is 19.1. The Bertz CT molecular complexity index is 611. The first kappa shape index (κ1) is 17.2. The van der Waals surface area contributed by atoms with Crippen molar-refractivity contribution in [1.29, 1.82) is 0 Å². The molecule has 24 heavy (non-hydrogen) atoms. The van der Waals surface area contributed by atoms with E-state index < -0.39 is 5.82 Å². The van der Waals surface area contributed by atoms with E-state index in [0.717, 1.165) is 31.2 Å². The predicted octanol–water partition coefficient (Wildman–Crippen LogP) is 3.63. The van der Waals surface area contributed by atoms with Crippen LogP contribution in [0.4, 0.5) is 4.39 Å². The third kappa shape index (κ3) is 3.14. The Labute approximate surface area is 142 Å². The van der Waals surface area contributed by atoms with E-state index in [1.54, 1.807) is 24.1 Å². The Morgan fingerprint density at radius 3 is 2.58 bits per heavy atom. The summed E-state index contributed by atoms with van der Waals surface area (Å²) in [5.74, 6) is 0.514. The molecule has 1 aliphatic carbocycles. The maximum atomic E-state index is 14.4. The molecule has 0 spiro atoms. The van der Waals surface area contributed by atoms with Gasteiger partial charge in [-0.15, -0.1) is 0 Å². The minimum Gasteiger partial charge on any atom is -0.494 e. The van der Waals surface area contributed by atoms with Crippen molar-refractivity contribution in [3.05, 3.63) is 29.1 Å². The Morgan fingerprint density at radius 2 is 1.96 bits per heavy atom. The number of rotatable bonds is 5. The first-order valence-corrected chi connectivity index (χ1v) is 8.72. The number of benzene rings is 1. The monoisotopic (exact) mass is 335 g/mol. The maximum absolute atomic E-state index is 14.4. The maximum Gasteiger partial charge on any atom is 0.257 e. The van der Waals surface area contributed by atoms with Crippen LogP contribution in [0.3, 0.4) is 0 Å². The van der Waals surface area contributed by atoms with Crippen LogP contribution in [-0.4, -0.2) is 37.7 Å². The highest BCUT2D eigenvalue weighted by Crippen LogP contribution is 2.35. The van der Waals surface area contributed by atoms with Crippen molar-refractivity contribution in [2.24, 2.45) is 11.8 Å². The first-order valence-electron chi connectivity index (χ1n) is 8.72. The Balaban J connectivity index is 1.62. The average Bonchev–Trinajstić information content (AvgIpc) is 2.92. The van der Waals surface area contributed by atoms with E-state index in [1.165, 1.54) is 7.11 Å². The number of halogens is 1. The molecule has 1 aromatic carbocycles. The lowest BCUT2D eigenvalue weighted by molar-refractivity contribution is 0.0381. The lowest BCUT2D eigenvalue weighted by atomic mass is 9.79. The minimum atomic E-state index is -0.528. The van der Waals surface area contributed by atoms with Gasteiger partial charge in [-0.2, -0.15) is 0 Å². The van der Waals surface area contributed by atoms with Gasteiger partial charge in [0.1, 0.15) is 0 Å². The van der Waals surface area contributed by atoms with Crippen LogP contribution in [0.2, 0.25) is 0 Å². The summed E-state index contributed by atoms with van der Waals surface area (Å²) >= 11 is 0. The first-order chi connectivity index (χ1) is 11.5. The van der Waals surface area contributed by atoms with Crippen LogP contribution in [0, 0.1) is 17.7 Å². The Kier molecular flexibility index (Phi) is 5.09. The van der Waals surface area contributed by atoms with E-state index in [1.807, 2.05) is 0 Å². The number of carbonyl (C=O) groups is 1. The summed E-state index contributed by atoms with van der Waals surface area (Å²) in [4.78, 5) is 14.4.